The van der Waals surface area contributed by atoms with Gasteiger partial charge in [0.1, 0.15) is 6.10 Å². The quantitative estimate of drug-likeness (QED) is 0.177. The minimum absolute atomic E-state index is 0.0558. The highest BCUT2D eigenvalue weighted by molar-refractivity contribution is 5.26. The maximum absolute atomic E-state index is 7.09. The molecule has 0 N–H and O–H groups in total. The largest absolute Gasteiger partial charge is 0.375 e. The first-order valence-corrected chi connectivity index (χ1v) is 21.7. The van der Waals surface area contributed by atoms with Crippen LogP contribution in [0.25, 0.3) is 0 Å². The standard InChI is InChI=1S/C46H70O6/c1-8-10-24-47-41-30(4)38(9-2)51-43(42(41)48-28-32-14-12-11-13-15-32)50-34-19-21-44(6)33(25-34)16-17-35-36(44)20-22-45(7)37(35)26-39-40(45)31(5)46(52-39)23-18-29(3)27-49-46/h11-16,29-31,34-43H,8-10,17-28H2,1-7H3/t29-,30-,31+,34+,35-,36+,37?,38-,39?,40+,41+,42-,43?,44+,45+,46-/m1/s1. The number of fused-ring (bicyclic) bond motifs is 7. The molecule has 16 atom stereocenters. The van der Waals surface area contributed by atoms with Crippen molar-refractivity contribution in [1.29, 1.82) is 0 Å². The Bertz CT molecular complexity index is 1390. The van der Waals surface area contributed by atoms with Crippen LogP contribution in [0.1, 0.15) is 131 Å². The Morgan fingerprint density at radius 2 is 1.73 bits per heavy atom. The van der Waals surface area contributed by atoms with Crippen LogP contribution < -0.4 is 0 Å². The van der Waals surface area contributed by atoms with Crippen LogP contribution in [0, 0.1) is 52.3 Å². The lowest BCUT2D eigenvalue weighted by Gasteiger charge is -2.58. The van der Waals surface area contributed by atoms with E-state index in [1.165, 1.54) is 44.1 Å². The molecule has 0 bridgehead atoms. The first-order valence-electron chi connectivity index (χ1n) is 21.7. The molecule has 0 amide bonds. The average Bonchev–Trinajstić information content (AvgIpc) is 3.59. The molecule has 1 spiro atoms. The summed E-state index contributed by atoms with van der Waals surface area (Å²) >= 11 is 0. The Hall–Kier alpha value is -1.28. The summed E-state index contributed by atoms with van der Waals surface area (Å²) in [6, 6.07) is 10.5. The van der Waals surface area contributed by atoms with Crippen LogP contribution in [0.5, 0.6) is 0 Å². The van der Waals surface area contributed by atoms with Crippen LogP contribution >= 0.6 is 0 Å². The van der Waals surface area contributed by atoms with E-state index in [0.717, 1.165) is 69.5 Å². The summed E-state index contributed by atoms with van der Waals surface area (Å²) in [4.78, 5) is 0. The van der Waals surface area contributed by atoms with Gasteiger partial charge in [-0.1, -0.05) is 96.9 Å². The van der Waals surface area contributed by atoms with Crippen molar-refractivity contribution in [2.75, 3.05) is 13.2 Å². The van der Waals surface area contributed by atoms with Crippen LogP contribution in [0.15, 0.2) is 42.0 Å². The van der Waals surface area contributed by atoms with Crippen molar-refractivity contribution in [1.82, 2.24) is 0 Å². The second-order valence-electron chi connectivity index (χ2n) is 19.0. The normalized spacial score (nSPS) is 48.4. The number of unbranched alkanes of at least 4 members (excludes halogenated alkanes) is 1. The van der Waals surface area contributed by atoms with E-state index < -0.39 is 6.29 Å². The van der Waals surface area contributed by atoms with Gasteiger partial charge in [-0.3, -0.25) is 0 Å². The molecule has 290 valence electrons. The van der Waals surface area contributed by atoms with E-state index in [-0.39, 0.29) is 41.5 Å². The number of allylic oxidation sites excluding steroid dienone is 1. The van der Waals surface area contributed by atoms with Crippen LogP contribution in [-0.2, 0) is 35.0 Å². The molecule has 6 fully saturated rings. The fourth-order valence-electron chi connectivity index (χ4n) is 13.1. The molecular weight excluding hydrogens is 649 g/mol. The van der Waals surface area contributed by atoms with Crippen LogP contribution in [0.2, 0.25) is 0 Å². The molecule has 7 aliphatic rings. The van der Waals surface area contributed by atoms with Gasteiger partial charge in [-0.15, -0.1) is 0 Å². The minimum Gasteiger partial charge on any atom is -0.375 e. The molecule has 1 aromatic carbocycles. The van der Waals surface area contributed by atoms with Crippen LogP contribution in [0.4, 0.5) is 0 Å². The van der Waals surface area contributed by atoms with Gasteiger partial charge in [0.2, 0.25) is 0 Å². The van der Waals surface area contributed by atoms with E-state index in [0.29, 0.717) is 35.9 Å². The second-order valence-corrected chi connectivity index (χ2v) is 19.0. The monoisotopic (exact) mass is 719 g/mol. The fraction of sp³-hybridized carbons (Fsp3) is 0.826. The summed E-state index contributed by atoms with van der Waals surface area (Å²) in [5, 5.41) is 0. The van der Waals surface area contributed by atoms with Crippen molar-refractivity contribution in [3.63, 3.8) is 0 Å². The van der Waals surface area contributed by atoms with Gasteiger partial charge in [-0.05, 0) is 110 Å². The Kier molecular flexibility index (Phi) is 10.9. The van der Waals surface area contributed by atoms with Gasteiger partial charge < -0.3 is 28.4 Å². The van der Waals surface area contributed by atoms with E-state index >= 15 is 0 Å². The molecular formula is C46H70O6. The molecule has 3 saturated carbocycles. The molecule has 3 aliphatic heterocycles. The van der Waals surface area contributed by atoms with Gasteiger partial charge in [-0.2, -0.15) is 0 Å². The molecule has 3 unspecified atom stereocenters. The Balaban J connectivity index is 0.969. The third-order valence-electron chi connectivity index (χ3n) is 16.2. The van der Waals surface area contributed by atoms with Crippen molar-refractivity contribution in [2.24, 2.45) is 52.3 Å². The summed E-state index contributed by atoms with van der Waals surface area (Å²) in [6.07, 6.45) is 16.3. The summed E-state index contributed by atoms with van der Waals surface area (Å²) < 4.78 is 41.0. The van der Waals surface area contributed by atoms with Crippen molar-refractivity contribution >= 4 is 0 Å². The number of rotatable bonds is 10. The predicted octanol–water partition coefficient (Wildman–Crippen LogP) is 10.3. The molecule has 6 heteroatoms. The lowest BCUT2D eigenvalue weighted by Crippen LogP contribution is -2.57. The smallest absolute Gasteiger partial charge is 0.186 e. The van der Waals surface area contributed by atoms with Gasteiger partial charge in [0.15, 0.2) is 12.1 Å². The Morgan fingerprint density at radius 1 is 0.904 bits per heavy atom. The Labute approximate surface area is 315 Å². The number of hydrogen-bond acceptors (Lipinski definition) is 6. The zero-order chi connectivity index (χ0) is 36.3. The fourth-order valence-corrected chi connectivity index (χ4v) is 13.1. The predicted molar refractivity (Wildman–Crippen MR) is 204 cm³/mol. The SMILES string of the molecule is CCCCO[C@H]1[C@H](C)[C@@H](CC)OC(O[C@H]2CC[C@@]3(C)C(=CC[C@H]4C5CC6O[C@]7(CC[C@@H](C)CO7)[C@@H](C)[C@@H]6[C@@]5(C)CC[C@@H]43)C2)[C@@H]1OCc1ccccc1. The molecule has 4 aliphatic carbocycles. The summed E-state index contributed by atoms with van der Waals surface area (Å²) in [5.41, 5.74) is 3.41. The summed E-state index contributed by atoms with van der Waals surface area (Å²) in [5.74, 6) is 3.88. The highest BCUT2D eigenvalue weighted by Gasteiger charge is 2.68. The van der Waals surface area contributed by atoms with E-state index in [1.54, 1.807) is 5.57 Å². The molecule has 1 aromatic rings. The lowest BCUT2D eigenvalue weighted by atomic mass is 9.47. The second kappa shape index (κ2) is 15.0. The average molecular weight is 719 g/mol. The van der Waals surface area contributed by atoms with Crippen molar-refractivity contribution in [3.8, 4) is 0 Å². The molecule has 3 heterocycles. The molecule has 3 saturated heterocycles. The first-order chi connectivity index (χ1) is 25.1. The molecule has 0 radical (unpaired) electrons. The van der Waals surface area contributed by atoms with Gasteiger partial charge >= 0.3 is 0 Å². The highest BCUT2D eigenvalue weighted by atomic mass is 16.7. The topological polar surface area (TPSA) is 55.4 Å². The summed E-state index contributed by atoms with van der Waals surface area (Å²) in [7, 11) is 0. The summed E-state index contributed by atoms with van der Waals surface area (Å²) in [6.45, 7) is 18.9. The van der Waals surface area contributed by atoms with Crippen molar-refractivity contribution < 1.29 is 28.4 Å². The third kappa shape index (κ3) is 6.49. The maximum Gasteiger partial charge on any atom is 0.186 e. The van der Waals surface area contributed by atoms with E-state index in [1.807, 2.05) is 0 Å². The van der Waals surface area contributed by atoms with Crippen molar-refractivity contribution in [3.05, 3.63) is 47.5 Å². The molecule has 6 nitrogen and oxygen atoms in total. The lowest BCUT2D eigenvalue weighted by molar-refractivity contribution is -0.314. The zero-order valence-corrected chi connectivity index (χ0v) is 33.5. The molecule has 52 heavy (non-hydrogen) atoms. The molecule has 8 rings (SSSR count). The maximum atomic E-state index is 7.09. The Morgan fingerprint density at radius 3 is 2.48 bits per heavy atom. The highest BCUT2D eigenvalue weighted by Crippen LogP contribution is 2.70. The van der Waals surface area contributed by atoms with Gasteiger partial charge in [0.05, 0.1) is 37.6 Å². The molecule has 0 aromatic heterocycles. The number of benzene rings is 1. The van der Waals surface area contributed by atoms with Crippen molar-refractivity contribution in [2.45, 2.75) is 175 Å². The zero-order valence-electron chi connectivity index (χ0n) is 33.5. The van der Waals surface area contributed by atoms with E-state index in [9.17, 15) is 0 Å². The first kappa shape index (κ1) is 37.6. The van der Waals surface area contributed by atoms with Gasteiger partial charge in [0, 0.05) is 24.9 Å². The van der Waals surface area contributed by atoms with Crippen LogP contribution in [0.3, 0.4) is 0 Å². The number of ether oxygens (including phenoxy) is 6. The van der Waals surface area contributed by atoms with Gasteiger partial charge in [-0.25, -0.2) is 0 Å². The van der Waals surface area contributed by atoms with Gasteiger partial charge in [0.25, 0.3) is 0 Å². The minimum atomic E-state index is -0.433. The van der Waals surface area contributed by atoms with Crippen LogP contribution in [-0.4, -0.2) is 55.8 Å². The van der Waals surface area contributed by atoms with E-state index in [2.05, 4.69) is 84.9 Å². The third-order valence-corrected chi connectivity index (χ3v) is 16.2. The van der Waals surface area contributed by atoms with E-state index in [4.69, 9.17) is 28.4 Å². The number of hydrogen-bond donors (Lipinski definition) is 0.